The van der Waals surface area contributed by atoms with Crippen molar-refractivity contribution < 1.29 is 27.9 Å². The van der Waals surface area contributed by atoms with Gasteiger partial charge >= 0.3 is 18.1 Å². The van der Waals surface area contributed by atoms with Gasteiger partial charge in [-0.05, 0) is 18.1 Å². The zero-order valence-corrected chi connectivity index (χ0v) is 11.4. The summed E-state index contributed by atoms with van der Waals surface area (Å²) in [5, 5.41) is 9.62. The van der Waals surface area contributed by atoms with Crippen LogP contribution in [0.2, 0.25) is 5.02 Å². The fourth-order valence-corrected chi connectivity index (χ4v) is 2.84. The van der Waals surface area contributed by atoms with Crippen LogP contribution in [0.4, 0.5) is 13.2 Å². The minimum Gasteiger partial charge on any atom is -0.481 e. The number of carbonyl (C=O) groups is 2. The van der Waals surface area contributed by atoms with Crippen LogP contribution in [0.5, 0.6) is 0 Å². The summed E-state index contributed by atoms with van der Waals surface area (Å²) in [7, 11) is 0. The second-order valence-corrected chi connectivity index (χ2v) is 5.25. The molecule has 2 rings (SSSR count). The molecule has 1 aliphatic heterocycles. The SMILES string of the molecule is O=C(N1CCC(C(=O)O)(c2ccccc2Cl)C1)C(F)(F)F. The largest absolute Gasteiger partial charge is 0.481 e. The molecule has 114 valence electrons. The van der Waals surface area contributed by atoms with Crippen molar-refractivity contribution in [2.24, 2.45) is 0 Å². The lowest BCUT2D eigenvalue weighted by Gasteiger charge is -2.26. The topological polar surface area (TPSA) is 57.6 Å². The maximum absolute atomic E-state index is 12.5. The van der Waals surface area contributed by atoms with Crippen LogP contribution in [-0.2, 0) is 15.0 Å². The Bertz CT molecular complexity index is 590. The third-order valence-electron chi connectivity index (χ3n) is 3.60. The monoisotopic (exact) mass is 321 g/mol. The summed E-state index contributed by atoms with van der Waals surface area (Å²) in [6, 6.07) is 6.07. The molecule has 0 aromatic heterocycles. The molecule has 1 heterocycles. The minimum atomic E-state index is -5.02. The Morgan fingerprint density at radius 2 is 1.90 bits per heavy atom. The van der Waals surface area contributed by atoms with Gasteiger partial charge in [0.15, 0.2) is 0 Å². The van der Waals surface area contributed by atoms with Gasteiger partial charge < -0.3 is 10.0 Å². The number of hydrogen-bond donors (Lipinski definition) is 1. The van der Waals surface area contributed by atoms with Crippen LogP contribution in [0, 0.1) is 0 Å². The van der Waals surface area contributed by atoms with E-state index >= 15 is 0 Å². The van der Waals surface area contributed by atoms with E-state index in [9.17, 15) is 27.9 Å². The number of nitrogens with zero attached hydrogens (tertiary/aromatic N) is 1. The van der Waals surface area contributed by atoms with Gasteiger partial charge in [-0.1, -0.05) is 29.8 Å². The molecule has 1 aromatic carbocycles. The Morgan fingerprint density at radius 3 is 2.43 bits per heavy atom. The van der Waals surface area contributed by atoms with Crippen molar-refractivity contribution >= 4 is 23.5 Å². The average molecular weight is 322 g/mol. The number of aliphatic carboxylic acids is 1. The highest BCUT2D eigenvalue weighted by molar-refractivity contribution is 6.31. The van der Waals surface area contributed by atoms with Gasteiger partial charge in [0.1, 0.15) is 5.41 Å². The van der Waals surface area contributed by atoms with Gasteiger partial charge in [0.05, 0.1) is 0 Å². The van der Waals surface area contributed by atoms with Gasteiger partial charge in [-0.3, -0.25) is 9.59 Å². The van der Waals surface area contributed by atoms with Crippen LogP contribution >= 0.6 is 11.6 Å². The maximum Gasteiger partial charge on any atom is 0.471 e. The van der Waals surface area contributed by atoms with Crippen molar-refractivity contribution in [1.29, 1.82) is 0 Å². The van der Waals surface area contributed by atoms with E-state index in [-0.39, 0.29) is 23.6 Å². The molecule has 1 atom stereocenters. The fraction of sp³-hybridized carbons (Fsp3) is 0.385. The van der Waals surface area contributed by atoms with Crippen molar-refractivity contribution in [2.45, 2.75) is 18.0 Å². The summed E-state index contributed by atoms with van der Waals surface area (Å²) < 4.78 is 37.4. The minimum absolute atomic E-state index is 0.117. The van der Waals surface area contributed by atoms with E-state index in [0.29, 0.717) is 4.90 Å². The van der Waals surface area contributed by atoms with Crippen molar-refractivity contribution in [3.63, 3.8) is 0 Å². The van der Waals surface area contributed by atoms with Crippen molar-refractivity contribution in [2.75, 3.05) is 13.1 Å². The van der Waals surface area contributed by atoms with Crippen LogP contribution in [0.25, 0.3) is 0 Å². The molecule has 0 saturated carbocycles. The number of benzene rings is 1. The lowest BCUT2D eigenvalue weighted by molar-refractivity contribution is -0.184. The van der Waals surface area contributed by atoms with Gasteiger partial charge in [-0.15, -0.1) is 0 Å². The van der Waals surface area contributed by atoms with Crippen LogP contribution in [0.1, 0.15) is 12.0 Å². The molecule has 0 spiro atoms. The number of carboxylic acid groups (broad SMARTS) is 1. The number of likely N-dealkylation sites (tertiary alicyclic amines) is 1. The molecule has 0 aliphatic carbocycles. The molecular weight excluding hydrogens is 311 g/mol. The third-order valence-corrected chi connectivity index (χ3v) is 3.93. The number of rotatable bonds is 2. The highest BCUT2D eigenvalue weighted by atomic mass is 35.5. The molecule has 1 aliphatic rings. The van der Waals surface area contributed by atoms with Crippen LogP contribution < -0.4 is 0 Å². The first kappa shape index (κ1) is 15.6. The van der Waals surface area contributed by atoms with Crippen LogP contribution in [0.3, 0.4) is 0 Å². The molecule has 21 heavy (non-hydrogen) atoms. The summed E-state index contributed by atoms with van der Waals surface area (Å²) >= 11 is 5.97. The smallest absolute Gasteiger partial charge is 0.471 e. The summed E-state index contributed by atoms with van der Waals surface area (Å²) in [5.41, 5.74) is -1.39. The Hall–Kier alpha value is -1.76. The van der Waals surface area contributed by atoms with Gasteiger partial charge in [0.2, 0.25) is 0 Å². The Balaban J connectivity index is 2.38. The predicted octanol–water partition coefficient (Wildman–Crippen LogP) is 2.46. The first-order valence-electron chi connectivity index (χ1n) is 6.03. The van der Waals surface area contributed by atoms with E-state index < -0.39 is 30.0 Å². The molecule has 8 heteroatoms. The lowest BCUT2D eigenvalue weighted by Crippen LogP contribution is -2.44. The number of halogens is 4. The van der Waals surface area contributed by atoms with E-state index in [1.165, 1.54) is 12.1 Å². The lowest BCUT2D eigenvalue weighted by atomic mass is 9.79. The van der Waals surface area contributed by atoms with Gasteiger partial charge in [0.25, 0.3) is 0 Å². The molecule has 1 unspecified atom stereocenters. The van der Waals surface area contributed by atoms with E-state index in [4.69, 9.17) is 11.6 Å². The Morgan fingerprint density at radius 1 is 1.29 bits per heavy atom. The maximum atomic E-state index is 12.5. The number of amides is 1. The Labute approximate surface area is 123 Å². The zero-order chi connectivity index (χ0) is 15.8. The van der Waals surface area contributed by atoms with Crippen LogP contribution in [0.15, 0.2) is 24.3 Å². The second-order valence-electron chi connectivity index (χ2n) is 4.84. The molecule has 0 radical (unpaired) electrons. The van der Waals surface area contributed by atoms with Gasteiger partial charge in [-0.2, -0.15) is 13.2 Å². The van der Waals surface area contributed by atoms with Gasteiger partial charge in [0, 0.05) is 18.1 Å². The molecule has 1 fully saturated rings. The number of carbonyl (C=O) groups excluding carboxylic acids is 1. The molecule has 0 bridgehead atoms. The zero-order valence-electron chi connectivity index (χ0n) is 10.7. The first-order valence-corrected chi connectivity index (χ1v) is 6.41. The molecule has 1 aromatic rings. The molecule has 1 saturated heterocycles. The van der Waals surface area contributed by atoms with E-state index in [1.54, 1.807) is 12.1 Å². The highest BCUT2D eigenvalue weighted by Gasteiger charge is 2.53. The first-order chi connectivity index (χ1) is 9.68. The number of hydrogen-bond acceptors (Lipinski definition) is 2. The molecule has 1 amide bonds. The fourth-order valence-electron chi connectivity index (χ4n) is 2.52. The third kappa shape index (κ3) is 2.70. The Kier molecular flexibility index (Phi) is 3.88. The summed E-state index contributed by atoms with van der Waals surface area (Å²) in [5.74, 6) is -3.33. The van der Waals surface area contributed by atoms with Crippen LogP contribution in [-0.4, -0.2) is 41.1 Å². The summed E-state index contributed by atoms with van der Waals surface area (Å²) in [6.45, 7) is -0.833. The van der Waals surface area contributed by atoms with Crippen molar-refractivity contribution in [3.05, 3.63) is 34.9 Å². The van der Waals surface area contributed by atoms with E-state index in [2.05, 4.69) is 0 Å². The summed E-state index contributed by atoms with van der Waals surface area (Å²) in [4.78, 5) is 23.4. The molecule has 4 nitrogen and oxygen atoms in total. The highest BCUT2D eigenvalue weighted by Crippen LogP contribution is 2.39. The second kappa shape index (κ2) is 5.22. The van der Waals surface area contributed by atoms with Crippen molar-refractivity contribution in [1.82, 2.24) is 4.90 Å². The number of carboxylic acids is 1. The quantitative estimate of drug-likeness (QED) is 0.910. The van der Waals surface area contributed by atoms with E-state index in [1.807, 2.05) is 0 Å². The molecule has 1 N–H and O–H groups in total. The normalized spacial score (nSPS) is 22.4. The predicted molar refractivity (Wildman–Crippen MR) is 68.0 cm³/mol. The van der Waals surface area contributed by atoms with Crippen molar-refractivity contribution in [3.8, 4) is 0 Å². The number of alkyl halides is 3. The summed E-state index contributed by atoms with van der Waals surface area (Å²) in [6.07, 6.45) is -5.14. The molecular formula is C13H11ClF3NO3. The average Bonchev–Trinajstić information content (AvgIpc) is 2.83. The van der Waals surface area contributed by atoms with Gasteiger partial charge in [-0.25, -0.2) is 0 Å². The standard InChI is InChI=1S/C13H11ClF3NO3/c14-9-4-2-1-3-8(9)12(11(20)21)5-6-18(7-12)10(19)13(15,16)17/h1-4H,5-7H2,(H,20,21). The van der Waals surface area contributed by atoms with E-state index in [0.717, 1.165) is 0 Å².